The Bertz CT molecular complexity index is 241. The molecule has 0 saturated heterocycles. The van der Waals surface area contributed by atoms with Crippen molar-refractivity contribution in [3.8, 4) is 0 Å². The van der Waals surface area contributed by atoms with Crippen molar-refractivity contribution in [2.24, 2.45) is 11.8 Å². The molecule has 2 saturated carbocycles. The van der Waals surface area contributed by atoms with Crippen LogP contribution in [-0.4, -0.2) is 25.3 Å². The number of rotatable bonds is 7. The molecule has 0 heterocycles. The summed E-state index contributed by atoms with van der Waals surface area (Å²) in [5, 5.41) is 3.79. The lowest BCUT2D eigenvalue weighted by atomic mass is 9.69. The van der Waals surface area contributed by atoms with Crippen LogP contribution in [0.25, 0.3) is 0 Å². The predicted molar refractivity (Wildman–Crippen MR) is 81.4 cm³/mol. The molecular formula is C17H33NO. The highest BCUT2D eigenvalue weighted by molar-refractivity contribution is 4.86. The number of hydrogen-bond acceptors (Lipinski definition) is 2. The van der Waals surface area contributed by atoms with Crippen LogP contribution in [0.4, 0.5) is 0 Å². The van der Waals surface area contributed by atoms with Gasteiger partial charge in [0, 0.05) is 12.6 Å². The smallest absolute Gasteiger partial charge is 0.0518 e. The van der Waals surface area contributed by atoms with E-state index in [1.54, 1.807) is 0 Å². The molecule has 0 aromatic heterocycles. The van der Waals surface area contributed by atoms with Crippen LogP contribution in [0, 0.1) is 11.8 Å². The minimum Gasteiger partial charge on any atom is -0.379 e. The zero-order valence-electron chi connectivity index (χ0n) is 13.0. The molecule has 0 aromatic carbocycles. The summed E-state index contributed by atoms with van der Waals surface area (Å²) in [5.41, 5.74) is 0. The lowest BCUT2D eigenvalue weighted by molar-refractivity contribution is 0.0756. The Kier molecular flexibility index (Phi) is 6.66. The van der Waals surface area contributed by atoms with Crippen LogP contribution >= 0.6 is 0 Å². The Morgan fingerprint density at radius 3 is 2.58 bits per heavy atom. The van der Waals surface area contributed by atoms with Crippen LogP contribution in [-0.2, 0) is 4.74 Å². The first-order chi connectivity index (χ1) is 9.25. The van der Waals surface area contributed by atoms with E-state index in [9.17, 15) is 0 Å². The van der Waals surface area contributed by atoms with E-state index >= 15 is 0 Å². The van der Waals surface area contributed by atoms with Crippen molar-refractivity contribution in [1.29, 1.82) is 0 Å². The van der Waals surface area contributed by atoms with Gasteiger partial charge in [0.15, 0.2) is 0 Å². The van der Waals surface area contributed by atoms with Gasteiger partial charge in [-0.05, 0) is 64.3 Å². The summed E-state index contributed by atoms with van der Waals surface area (Å²) in [5.74, 6) is 2.12. The molecule has 2 nitrogen and oxygen atoms in total. The molecule has 3 unspecified atom stereocenters. The lowest BCUT2D eigenvalue weighted by Gasteiger charge is -2.39. The van der Waals surface area contributed by atoms with Crippen LogP contribution < -0.4 is 5.32 Å². The zero-order chi connectivity index (χ0) is 13.5. The first kappa shape index (κ1) is 15.3. The fourth-order valence-electron chi connectivity index (χ4n) is 3.91. The first-order valence-corrected chi connectivity index (χ1v) is 8.60. The van der Waals surface area contributed by atoms with Gasteiger partial charge in [-0.25, -0.2) is 0 Å². The largest absolute Gasteiger partial charge is 0.379 e. The van der Waals surface area contributed by atoms with Crippen molar-refractivity contribution in [3.05, 3.63) is 0 Å². The van der Waals surface area contributed by atoms with E-state index < -0.39 is 0 Å². The van der Waals surface area contributed by atoms with Gasteiger partial charge in [0.1, 0.15) is 0 Å². The number of fused-ring (bicyclic) bond motifs is 1. The summed E-state index contributed by atoms with van der Waals surface area (Å²) in [6.07, 6.45) is 13.2. The fourth-order valence-corrected chi connectivity index (χ4v) is 3.91. The molecule has 0 aliphatic heterocycles. The minimum absolute atomic E-state index is 0.384. The summed E-state index contributed by atoms with van der Waals surface area (Å²) >= 11 is 0. The molecule has 0 amide bonds. The number of hydrogen-bond donors (Lipinski definition) is 1. The van der Waals surface area contributed by atoms with E-state index in [0.717, 1.165) is 24.5 Å². The summed E-state index contributed by atoms with van der Waals surface area (Å²) in [6.45, 7) is 6.33. The van der Waals surface area contributed by atoms with Crippen molar-refractivity contribution in [2.75, 3.05) is 13.2 Å². The highest BCUT2D eigenvalue weighted by Gasteiger charge is 2.31. The molecule has 2 aliphatic carbocycles. The second kappa shape index (κ2) is 8.26. The van der Waals surface area contributed by atoms with Crippen LogP contribution in [0.3, 0.4) is 0 Å². The molecule has 2 heteroatoms. The van der Waals surface area contributed by atoms with Crippen LogP contribution in [0.15, 0.2) is 0 Å². The third-order valence-electron chi connectivity index (χ3n) is 4.99. The van der Waals surface area contributed by atoms with Gasteiger partial charge >= 0.3 is 0 Å². The molecule has 2 aliphatic rings. The number of ether oxygens (including phenoxy) is 1. The lowest BCUT2D eigenvalue weighted by Crippen LogP contribution is -2.39. The predicted octanol–water partition coefficient (Wildman–Crippen LogP) is 4.14. The Morgan fingerprint density at radius 2 is 1.79 bits per heavy atom. The Morgan fingerprint density at radius 1 is 1.00 bits per heavy atom. The van der Waals surface area contributed by atoms with Gasteiger partial charge in [0.05, 0.1) is 6.10 Å². The molecule has 19 heavy (non-hydrogen) atoms. The Hall–Kier alpha value is -0.0800. The quantitative estimate of drug-likeness (QED) is 0.700. The molecule has 0 spiro atoms. The molecule has 0 bridgehead atoms. The Labute approximate surface area is 119 Å². The monoisotopic (exact) mass is 267 g/mol. The second-order valence-electron chi connectivity index (χ2n) is 6.90. The van der Waals surface area contributed by atoms with Crippen LogP contribution in [0.1, 0.15) is 71.6 Å². The van der Waals surface area contributed by atoms with E-state index in [2.05, 4.69) is 19.2 Å². The van der Waals surface area contributed by atoms with E-state index in [-0.39, 0.29) is 0 Å². The standard InChI is InChI=1S/C17H33NO/c1-14(2)19-12-6-5-11-18-17-10-9-15-7-3-4-8-16(15)13-17/h14-18H,3-13H2,1-2H3. The van der Waals surface area contributed by atoms with E-state index in [0.29, 0.717) is 6.10 Å². The van der Waals surface area contributed by atoms with Gasteiger partial charge in [-0.2, -0.15) is 0 Å². The molecule has 2 rings (SSSR count). The van der Waals surface area contributed by atoms with E-state index in [4.69, 9.17) is 4.74 Å². The van der Waals surface area contributed by atoms with Crippen molar-refractivity contribution < 1.29 is 4.74 Å². The molecular weight excluding hydrogens is 234 g/mol. The van der Waals surface area contributed by atoms with E-state index in [1.807, 2.05) is 0 Å². The van der Waals surface area contributed by atoms with Gasteiger partial charge in [0.25, 0.3) is 0 Å². The van der Waals surface area contributed by atoms with Gasteiger partial charge in [-0.1, -0.05) is 25.7 Å². The van der Waals surface area contributed by atoms with Crippen molar-refractivity contribution in [3.63, 3.8) is 0 Å². The summed E-state index contributed by atoms with van der Waals surface area (Å²) in [6, 6.07) is 0.811. The van der Waals surface area contributed by atoms with Crippen molar-refractivity contribution in [1.82, 2.24) is 5.32 Å². The summed E-state index contributed by atoms with van der Waals surface area (Å²) < 4.78 is 5.58. The maximum atomic E-state index is 5.58. The molecule has 0 aromatic rings. The highest BCUT2D eigenvalue weighted by Crippen LogP contribution is 2.40. The van der Waals surface area contributed by atoms with Crippen molar-refractivity contribution >= 4 is 0 Å². The summed E-state index contributed by atoms with van der Waals surface area (Å²) in [7, 11) is 0. The van der Waals surface area contributed by atoms with Gasteiger partial charge in [-0.3, -0.25) is 0 Å². The molecule has 3 atom stereocenters. The average Bonchev–Trinajstić information content (AvgIpc) is 2.42. The normalized spacial score (nSPS) is 31.4. The number of unbranched alkanes of at least 4 members (excludes halogenated alkanes) is 1. The molecule has 1 N–H and O–H groups in total. The highest BCUT2D eigenvalue weighted by atomic mass is 16.5. The van der Waals surface area contributed by atoms with Gasteiger partial charge in [-0.15, -0.1) is 0 Å². The van der Waals surface area contributed by atoms with Gasteiger partial charge < -0.3 is 10.1 Å². The zero-order valence-corrected chi connectivity index (χ0v) is 13.0. The second-order valence-corrected chi connectivity index (χ2v) is 6.90. The first-order valence-electron chi connectivity index (χ1n) is 8.60. The molecule has 112 valence electrons. The van der Waals surface area contributed by atoms with Crippen LogP contribution in [0.2, 0.25) is 0 Å². The fraction of sp³-hybridized carbons (Fsp3) is 1.00. The Balaban J connectivity index is 1.52. The SMILES string of the molecule is CC(C)OCCCCNC1CCC2CCCCC2C1. The molecule has 0 radical (unpaired) electrons. The minimum atomic E-state index is 0.384. The van der Waals surface area contributed by atoms with E-state index in [1.165, 1.54) is 64.3 Å². The van der Waals surface area contributed by atoms with Crippen LogP contribution in [0.5, 0.6) is 0 Å². The third-order valence-corrected chi connectivity index (χ3v) is 4.99. The van der Waals surface area contributed by atoms with Crippen molar-refractivity contribution in [2.45, 2.75) is 83.8 Å². The topological polar surface area (TPSA) is 21.3 Å². The summed E-state index contributed by atoms with van der Waals surface area (Å²) in [4.78, 5) is 0. The number of nitrogens with one attached hydrogen (secondary N) is 1. The van der Waals surface area contributed by atoms with Gasteiger partial charge in [0.2, 0.25) is 0 Å². The maximum Gasteiger partial charge on any atom is 0.0518 e. The molecule has 2 fully saturated rings. The third kappa shape index (κ3) is 5.43. The maximum absolute atomic E-state index is 5.58. The average molecular weight is 267 g/mol.